The Balaban J connectivity index is 1.42. The summed E-state index contributed by atoms with van der Waals surface area (Å²) in [5.74, 6) is 1.29. The zero-order chi connectivity index (χ0) is 16.4. The quantitative estimate of drug-likeness (QED) is 0.808. The molecule has 24 heavy (non-hydrogen) atoms. The van der Waals surface area contributed by atoms with Crippen molar-refractivity contribution >= 4 is 17.2 Å². The van der Waals surface area contributed by atoms with Crippen molar-refractivity contribution in [3.05, 3.63) is 40.6 Å². The maximum Gasteiger partial charge on any atom is 0.227 e. The van der Waals surface area contributed by atoms with Gasteiger partial charge in [-0.2, -0.15) is 11.3 Å². The van der Waals surface area contributed by atoms with Crippen molar-refractivity contribution in [1.82, 2.24) is 14.5 Å². The van der Waals surface area contributed by atoms with Crippen LogP contribution < -0.4 is 0 Å². The summed E-state index contributed by atoms with van der Waals surface area (Å²) >= 11 is 1.64. The topological polar surface area (TPSA) is 47.4 Å². The standard InChI is InChI=1S/C18H23N3O2S/c22-18(5-15-3-4-24-12-15)20-7-16(11-23-10-14-1-2-14)8-21-13-19-6-17(21)9-20/h3-4,6,12-14,16H,1-2,5,7-11H2. The van der Waals surface area contributed by atoms with Crippen molar-refractivity contribution in [2.45, 2.75) is 32.4 Å². The van der Waals surface area contributed by atoms with E-state index >= 15 is 0 Å². The summed E-state index contributed by atoms with van der Waals surface area (Å²) < 4.78 is 8.08. The molecule has 4 rings (SSSR count). The third kappa shape index (κ3) is 3.87. The lowest BCUT2D eigenvalue weighted by atomic mass is 10.1. The van der Waals surface area contributed by atoms with E-state index in [9.17, 15) is 4.79 Å². The molecule has 2 aromatic rings. The first-order chi connectivity index (χ1) is 11.8. The molecule has 1 amide bonds. The van der Waals surface area contributed by atoms with Crippen LogP contribution in [0.3, 0.4) is 0 Å². The van der Waals surface area contributed by atoms with E-state index in [1.165, 1.54) is 12.8 Å². The molecule has 3 heterocycles. The van der Waals surface area contributed by atoms with E-state index < -0.39 is 0 Å². The number of hydrogen-bond acceptors (Lipinski definition) is 4. The molecule has 1 aliphatic carbocycles. The van der Waals surface area contributed by atoms with Gasteiger partial charge in [0.1, 0.15) is 0 Å². The number of hydrogen-bond donors (Lipinski definition) is 0. The number of aromatic nitrogens is 2. The van der Waals surface area contributed by atoms with E-state index in [1.807, 2.05) is 28.9 Å². The monoisotopic (exact) mass is 345 g/mol. The number of thiophene rings is 1. The zero-order valence-electron chi connectivity index (χ0n) is 13.8. The molecule has 0 N–H and O–H groups in total. The lowest BCUT2D eigenvalue weighted by Gasteiger charge is -2.24. The molecule has 0 spiro atoms. The van der Waals surface area contributed by atoms with Crippen LogP contribution in [0.25, 0.3) is 0 Å². The molecule has 5 nitrogen and oxygen atoms in total. The van der Waals surface area contributed by atoms with E-state index in [4.69, 9.17) is 4.74 Å². The van der Waals surface area contributed by atoms with Crippen LogP contribution in [0.5, 0.6) is 0 Å². The number of carbonyl (C=O) groups is 1. The van der Waals surface area contributed by atoms with Gasteiger partial charge in [-0.15, -0.1) is 0 Å². The van der Waals surface area contributed by atoms with Gasteiger partial charge in [0.15, 0.2) is 0 Å². The average Bonchev–Trinajstić information content (AvgIpc) is 3.13. The smallest absolute Gasteiger partial charge is 0.227 e. The molecule has 1 saturated carbocycles. The van der Waals surface area contributed by atoms with E-state index in [1.54, 1.807) is 11.3 Å². The Bertz CT molecular complexity index is 678. The van der Waals surface area contributed by atoms with Crippen LogP contribution >= 0.6 is 11.3 Å². The number of rotatable bonds is 6. The Morgan fingerprint density at radius 3 is 2.96 bits per heavy atom. The van der Waals surface area contributed by atoms with Crippen LogP contribution in [0.4, 0.5) is 0 Å². The van der Waals surface area contributed by atoms with E-state index in [2.05, 4.69) is 14.9 Å². The van der Waals surface area contributed by atoms with Crippen molar-refractivity contribution in [2.24, 2.45) is 11.8 Å². The third-order valence-corrected chi connectivity index (χ3v) is 5.51. The fourth-order valence-corrected chi connectivity index (χ4v) is 3.88. The Hall–Kier alpha value is -1.66. The molecule has 2 aliphatic rings. The first-order valence-corrected chi connectivity index (χ1v) is 9.58. The highest BCUT2D eigenvalue weighted by Crippen LogP contribution is 2.29. The predicted octanol–water partition coefficient (Wildman–Crippen LogP) is 2.57. The highest BCUT2D eigenvalue weighted by atomic mass is 32.1. The van der Waals surface area contributed by atoms with Gasteiger partial charge in [-0.05, 0) is 41.1 Å². The number of fused-ring (bicyclic) bond motifs is 1. The molecule has 2 aromatic heterocycles. The van der Waals surface area contributed by atoms with Gasteiger partial charge in [0.2, 0.25) is 5.91 Å². The minimum absolute atomic E-state index is 0.190. The lowest BCUT2D eigenvalue weighted by molar-refractivity contribution is -0.131. The predicted molar refractivity (Wildman–Crippen MR) is 92.7 cm³/mol. The van der Waals surface area contributed by atoms with Crippen LogP contribution in [0, 0.1) is 11.8 Å². The summed E-state index contributed by atoms with van der Waals surface area (Å²) in [6, 6.07) is 2.03. The minimum Gasteiger partial charge on any atom is -0.381 e. The highest BCUT2D eigenvalue weighted by Gasteiger charge is 2.27. The summed E-state index contributed by atoms with van der Waals surface area (Å²) in [5.41, 5.74) is 2.21. The average molecular weight is 345 g/mol. The summed E-state index contributed by atoms with van der Waals surface area (Å²) in [7, 11) is 0. The first-order valence-electron chi connectivity index (χ1n) is 8.63. The van der Waals surface area contributed by atoms with E-state index in [-0.39, 0.29) is 5.91 Å². The van der Waals surface area contributed by atoms with Crippen molar-refractivity contribution in [1.29, 1.82) is 0 Å². The van der Waals surface area contributed by atoms with Gasteiger partial charge in [-0.3, -0.25) is 4.79 Å². The van der Waals surface area contributed by atoms with Gasteiger partial charge >= 0.3 is 0 Å². The van der Waals surface area contributed by atoms with Gasteiger partial charge in [-0.1, -0.05) is 0 Å². The zero-order valence-corrected chi connectivity index (χ0v) is 14.6. The van der Waals surface area contributed by atoms with Gasteiger partial charge < -0.3 is 14.2 Å². The normalized spacial score (nSPS) is 20.7. The summed E-state index contributed by atoms with van der Waals surface area (Å²) in [6.07, 6.45) is 6.84. The first kappa shape index (κ1) is 15.8. The van der Waals surface area contributed by atoms with Gasteiger partial charge in [0.25, 0.3) is 0 Å². The summed E-state index contributed by atoms with van der Waals surface area (Å²) in [6.45, 7) is 3.87. The second-order valence-corrected chi connectivity index (χ2v) is 7.75. The Morgan fingerprint density at radius 2 is 2.17 bits per heavy atom. The van der Waals surface area contributed by atoms with Crippen molar-refractivity contribution in [3.8, 4) is 0 Å². The Morgan fingerprint density at radius 1 is 1.29 bits per heavy atom. The summed E-state index contributed by atoms with van der Waals surface area (Å²) in [5, 5.41) is 4.07. The number of carbonyl (C=O) groups excluding carboxylic acids is 1. The molecule has 128 valence electrons. The van der Waals surface area contributed by atoms with Crippen molar-refractivity contribution in [3.63, 3.8) is 0 Å². The van der Waals surface area contributed by atoms with Crippen LogP contribution in [-0.2, 0) is 29.0 Å². The van der Waals surface area contributed by atoms with Crippen molar-refractivity contribution in [2.75, 3.05) is 19.8 Å². The van der Waals surface area contributed by atoms with Crippen LogP contribution in [-0.4, -0.2) is 40.1 Å². The van der Waals surface area contributed by atoms with Gasteiger partial charge in [0.05, 0.1) is 31.6 Å². The summed E-state index contributed by atoms with van der Waals surface area (Å²) in [4.78, 5) is 19.0. The fraction of sp³-hybridized carbons (Fsp3) is 0.556. The molecule has 6 heteroatoms. The molecule has 0 bridgehead atoms. The number of ether oxygens (including phenoxy) is 1. The van der Waals surface area contributed by atoms with Crippen LogP contribution in [0.1, 0.15) is 24.1 Å². The molecule has 0 radical (unpaired) electrons. The van der Waals surface area contributed by atoms with Gasteiger partial charge in [0, 0.05) is 31.8 Å². The van der Waals surface area contributed by atoms with E-state index in [0.717, 1.165) is 43.5 Å². The molecular formula is C18H23N3O2S. The Kier molecular flexibility index (Phi) is 4.67. The molecule has 0 saturated heterocycles. The van der Waals surface area contributed by atoms with Crippen LogP contribution in [0.2, 0.25) is 0 Å². The maximum absolute atomic E-state index is 12.7. The molecule has 1 fully saturated rings. The number of nitrogens with zero attached hydrogens (tertiary/aromatic N) is 3. The fourth-order valence-electron chi connectivity index (χ4n) is 3.21. The number of amides is 1. The largest absolute Gasteiger partial charge is 0.381 e. The number of imidazole rings is 1. The third-order valence-electron chi connectivity index (χ3n) is 4.78. The molecule has 1 aliphatic heterocycles. The second-order valence-electron chi connectivity index (χ2n) is 6.97. The molecule has 1 atom stereocenters. The minimum atomic E-state index is 0.190. The SMILES string of the molecule is O=C(Cc1ccsc1)N1Cc2cncn2CC(COCC2CC2)C1. The van der Waals surface area contributed by atoms with Gasteiger partial charge in [-0.25, -0.2) is 4.98 Å². The maximum atomic E-state index is 12.7. The molecule has 0 aromatic carbocycles. The molecule has 1 unspecified atom stereocenters. The van der Waals surface area contributed by atoms with Crippen molar-refractivity contribution < 1.29 is 9.53 Å². The highest BCUT2D eigenvalue weighted by molar-refractivity contribution is 7.07. The second kappa shape index (κ2) is 7.07. The van der Waals surface area contributed by atoms with E-state index in [0.29, 0.717) is 18.9 Å². The van der Waals surface area contributed by atoms with Crippen LogP contribution in [0.15, 0.2) is 29.4 Å². The Labute approximate surface area is 146 Å². The lowest BCUT2D eigenvalue weighted by Crippen LogP contribution is -2.36. The molecular weight excluding hydrogens is 322 g/mol.